The Hall–Kier alpha value is -2.04. The van der Waals surface area contributed by atoms with Crippen molar-refractivity contribution in [3.63, 3.8) is 0 Å². The number of ether oxygens (including phenoxy) is 1. The molecule has 0 spiro atoms. The molecule has 0 radical (unpaired) electrons. The quantitative estimate of drug-likeness (QED) is 0.872. The Morgan fingerprint density at radius 3 is 2.54 bits per heavy atom. The molecule has 3 rings (SSSR count). The van der Waals surface area contributed by atoms with Crippen LogP contribution in [0.25, 0.3) is 0 Å². The van der Waals surface area contributed by atoms with Crippen LogP contribution in [-0.2, 0) is 11.3 Å². The number of halogens is 1. The van der Waals surface area contributed by atoms with Crippen molar-refractivity contribution in [1.82, 2.24) is 4.90 Å². The van der Waals surface area contributed by atoms with Crippen LogP contribution in [0, 0.1) is 6.92 Å². The van der Waals surface area contributed by atoms with Gasteiger partial charge in [-0.1, -0.05) is 41.9 Å². The maximum Gasteiger partial charge on any atom is 0.263 e. The molecular weight excluding hydrogens is 348 g/mol. The highest BCUT2D eigenvalue weighted by Crippen LogP contribution is 2.23. The van der Waals surface area contributed by atoms with Gasteiger partial charge < -0.3 is 14.5 Å². The first-order chi connectivity index (χ1) is 12.5. The zero-order chi connectivity index (χ0) is 18.5. The number of carbonyl (C=O) groups is 1. The van der Waals surface area contributed by atoms with Gasteiger partial charge in [0, 0.05) is 10.6 Å². The van der Waals surface area contributed by atoms with Crippen molar-refractivity contribution >= 4 is 17.5 Å². The number of nitrogens with one attached hydrogen (secondary N) is 1. The lowest BCUT2D eigenvalue weighted by atomic mass is 10.2. The molecule has 2 aromatic rings. The van der Waals surface area contributed by atoms with Crippen LogP contribution < -0.4 is 9.64 Å². The van der Waals surface area contributed by atoms with Gasteiger partial charge >= 0.3 is 0 Å². The summed E-state index contributed by atoms with van der Waals surface area (Å²) in [7, 11) is 0. The Kier molecular flexibility index (Phi) is 6.17. The summed E-state index contributed by atoms with van der Waals surface area (Å²) in [4.78, 5) is 16.1. The summed E-state index contributed by atoms with van der Waals surface area (Å²) in [6, 6.07) is 16.0. The van der Waals surface area contributed by atoms with Gasteiger partial charge in [0.15, 0.2) is 6.10 Å². The lowest BCUT2D eigenvalue weighted by Gasteiger charge is -2.33. The van der Waals surface area contributed by atoms with E-state index in [1.165, 1.54) is 10.5 Å². The first kappa shape index (κ1) is 18.7. The summed E-state index contributed by atoms with van der Waals surface area (Å²) in [6.07, 6.45) is -0.495. The van der Waals surface area contributed by atoms with Crippen molar-refractivity contribution in [2.75, 3.05) is 26.2 Å². The summed E-state index contributed by atoms with van der Waals surface area (Å²) >= 11 is 5.98. The first-order valence-corrected chi connectivity index (χ1v) is 9.50. The minimum atomic E-state index is -0.495. The lowest BCUT2D eigenvalue weighted by Crippen LogP contribution is -3.13. The van der Waals surface area contributed by atoms with E-state index in [0.717, 1.165) is 38.3 Å². The Bertz CT molecular complexity index is 743. The zero-order valence-corrected chi connectivity index (χ0v) is 16.1. The summed E-state index contributed by atoms with van der Waals surface area (Å²) in [5.41, 5.74) is 2.28. The molecule has 138 valence electrons. The Morgan fingerprint density at radius 2 is 1.88 bits per heavy atom. The second kappa shape index (κ2) is 8.56. The summed E-state index contributed by atoms with van der Waals surface area (Å²) < 4.78 is 5.88. The van der Waals surface area contributed by atoms with Gasteiger partial charge in [-0.15, -0.1) is 0 Å². The number of quaternary nitrogens is 1. The van der Waals surface area contributed by atoms with Crippen molar-refractivity contribution in [2.24, 2.45) is 0 Å². The standard InChI is InChI=1S/C21H25ClN2O2/c1-16-14-19(22)8-9-20(16)26-17(2)21(25)24-12-10-23(11-13-24)15-18-6-4-3-5-7-18/h3-9,14,17H,10-13,15H2,1-2H3/p+1/t17-/m0/s1. The maximum atomic E-state index is 12.7. The number of rotatable bonds is 5. The minimum absolute atomic E-state index is 0.0538. The monoisotopic (exact) mass is 373 g/mol. The largest absolute Gasteiger partial charge is 0.481 e. The number of piperazine rings is 1. The second-order valence-corrected chi connectivity index (χ2v) is 7.34. The molecule has 5 heteroatoms. The average Bonchev–Trinajstić information content (AvgIpc) is 2.65. The van der Waals surface area contributed by atoms with Crippen LogP contribution in [0.3, 0.4) is 0 Å². The molecule has 0 unspecified atom stereocenters. The van der Waals surface area contributed by atoms with Crippen LogP contribution in [0.5, 0.6) is 5.75 Å². The number of hydrogen-bond donors (Lipinski definition) is 1. The molecule has 4 nitrogen and oxygen atoms in total. The number of benzene rings is 2. The fourth-order valence-corrected chi connectivity index (χ4v) is 3.57. The molecule has 1 amide bonds. The molecule has 1 atom stereocenters. The van der Waals surface area contributed by atoms with Crippen molar-refractivity contribution in [1.29, 1.82) is 0 Å². The number of amides is 1. The highest BCUT2D eigenvalue weighted by Gasteiger charge is 2.28. The molecule has 0 saturated carbocycles. The lowest BCUT2D eigenvalue weighted by molar-refractivity contribution is -0.917. The van der Waals surface area contributed by atoms with Crippen molar-refractivity contribution in [3.05, 3.63) is 64.7 Å². The normalized spacial score (nSPS) is 16.3. The van der Waals surface area contributed by atoms with Crippen LogP contribution in [0.2, 0.25) is 5.02 Å². The van der Waals surface area contributed by atoms with Crippen LogP contribution in [0.4, 0.5) is 0 Å². The van der Waals surface area contributed by atoms with E-state index in [4.69, 9.17) is 16.3 Å². The van der Waals surface area contributed by atoms with Crippen LogP contribution in [0.15, 0.2) is 48.5 Å². The fraction of sp³-hybridized carbons (Fsp3) is 0.381. The topological polar surface area (TPSA) is 34.0 Å². The molecule has 1 N–H and O–H groups in total. The third-order valence-electron chi connectivity index (χ3n) is 4.87. The zero-order valence-electron chi connectivity index (χ0n) is 15.4. The molecule has 1 aliphatic rings. The van der Waals surface area contributed by atoms with Crippen molar-refractivity contribution in [2.45, 2.75) is 26.5 Å². The smallest absolute Gasteiger partial charge is 0.263 e. The van der Waals surface area contributed by atoms with Gasteiger partial charge in [-0.25, -0.2) is 0 Å². The van der Waals surface area contributed by atoms with Crippen molar-refractivity contribution in [3.8, 4) is 5.75 Å². The number of aryl methyl sites for hydroxylation is 1. The van der Waals surface area contributed by atoms with Gasteiger partial charge in [0.05, 0.1) is 26.2 Å². The third-order valence-corrected chi connectivity index (χ3v) is 5.10. The molecule has 1 heterocycles. The number of hydrogen-bond acceptors (Lipinski definition) is 2. The van der Waals surface area contributed by atoms with Crippen molar-refractivity contribution < 1.29 is 14.4 Å². The van der Waals surface area contributed by atoms with Gasteiger partial charge in [-0.2, -0.15) is 0 Å². The molecular formula is C21H26ClN2O2+. The predicted molar refractivity (Wildman–Crippen MR) is 104 cm³/mol. The van der Waals surface area contributed by atoms with Gasteiger partial charge in [0.25, 0.3) is 5.91 Å². The highest BCUT2D eigenvalue weighted by molar-refractivity contribution is 6.30. The van der Waals surface area contributed by atoms with Gasteiger partial charge in [-0.3, -0.25) is 4.79 Å². The van der Waals surface area contributed by atoms with E-state index in [2.05, 4.69) is 24.3 Å². The first-order valence-electron chi connectivity index (χ1n) is 9.12. The second-order valence-electron chi connectivity index (χ2n) is 6.91. The number of carbonyl (C=O) groups excluding carboxylic acids is 1. The van der Waals surface area contributed by atoms with Crippen LogP contribution in [0.1, 0.15) is 18.1 Å². The van der Waals surface area contributed by atoms with E-state index in [-0.39, 0.29) is 5.91 Å². The average molecular weight is 374 g/mol. The molecule has 0 bridgehead atoms. The Labute approximate surface area is 160 Å². The maximum absolute atomic E-state index is 12.7. The molecule has 1 aliphatic heterocycles. The van der Waals surface area contributed by atoms with E-state index >= 15 is 0 Å². The summed E-state index contributed by atoms with van der Waals surface area (Å²) in [5, 5.41) is 0.673. The third kappa shape index (κ3) is 4.77. The molecule has 0 aliphatic carbocycles. The predicted octanol–water partition coefficient (Wildman–Crippen LogP) is 2.34. The molecule has 1 fully saturated rings. The van der Waals surface area contributed by atoms with Crippen LogP contribution >= 0.6 is 11.6 Å². The van der Waals surface area contributed by atoms with Gasteiger partial charge in [-0.05, 0) is 37.6 Å². The molecule has 26 heavy (non-hydrogen) atoms. The van der Waals surface area contributed by atoms with E-state index < -0.39 is 6.10 Å². The van der Waals surface area contributed by atoms with Gasteiger partial charge in [0.2, 0.25) is 0 Å². The van der Waals surface area contributed by atoms with E-state index in [1.54, 1.807) is 6.07 Å². The highest BCUT2D eigenvalue weighted by atomic mass is 35.5. The van der Waals surface area contributed by atoms with E-state index in [9.17, 15) is 4.79 Å². The Balaban J connectivity index is 1.51. The van der Waals surface area contributed by atoms with Gasteiger partial charge in [0.1, 0.15) is 12.3 Å². The van der Waals surface area contributed by atoms with Crippen LogP contribution in [-0.4, -0.2) is 43.1 Å². The summed E-state index contributed by atoms with van der Waals surface area (Å²) in [5.74, 6) is 0.765. The minimum Gasteiger partial charge on any atom is -0.481 e. The fourth-order valence-electron chi connectivity index (χ4n) is 3.35. The molecule has 1 saturated heterocycles. The number of nitrogens with zero attached hydrogens (tertiary/aromatic N) is 1. The Morgan fingerprint density at radius 1 is 1.19 bits per heavy atom. The van der Waals surface area contributed by atoms with E-state index in [1.807, 2.05) is 36.9 Å². The molecule has 0 aromatic heterocycles. The SMILES string of the molecule is Cc1cc(Cl)ccc1O[C@@H](C)C(=O)N1CC[NH+](Cc2ccccc2)CC1. The van der Waals surface area contributed by atoms with E-state index in [0.29, 0.717) is 10.8 Å². The molecule has 2 aromatic carbocycles. The summed E-state index contributed by atoms with van der Waals surface area (Å²) in [6.45, 7) is 8.24.